The number of hydrogen-bond acceptors (Lipinski definition) is 5. The summed E-state index contributed by atoms with van der Waals surface area (Å²) in [4.78, 5) is 21.6. The van der Waals surface area contributed by atoms with Gasteiger partial charge in [0.25, 0.3) is 0 Å². The third kappa shape index (κ3) is 2.95. The molecule has 0 bridgehead atoms. The molecule has 0 amide bonds. The number of fused-ring (bicyclic) bond motifs is 1. The van der Waals surface area contributed by atoms with Crippen LogP contribution in [0.1, 0.15) is 16.7 Å². The molecule has 4 aromatic rings. The number of para-hydroxylation sites is 1. The summed E-state index contributed by atoms with van der Waals surface area (Å²) in [5.41, 5.74) is 1.73. The van der Waals surface area contributed by atoms with E-state index in [4.69, 9.17) is 19.2 Å². The quantitative estimate of drug-likeness (QED) is 0.492. The first-order valence-electron chi connectivity index (χ1n) is 9.83. The fraction of sp³-hybridized carbons (Fsp3) is 0.120. The molecule has 6 nitrogen and oxygen atoms in total. The zero-order valence-electron chi connectivity index (χ0n) is 17.1. The number of hydrogen-bond donors (Lipinski definition) is 1. The van der Waals surface area contributed by atoms with Gasteiger partial charge in [0.1, 0.15) is 11.5 Å². The lowest BCUT2D eigenvalue weighted by Gasteiger charge is -2.22. The number of nitrogens with one attached hydrogen (secondary N) is 1. The molecule has 1 aromatic heterocycles. The number of aliphatic imine (C=N–C) groups is 1. The highest BCUT2D eigenvalue weighted by atomic mass is 16.6. The van der Waals surface area contributed by atoms with Crippen molar-refractivity contribution < 1.29 is 19.0 Å². The highest BCUT2D eigenvalue weighted by Crippen LogP contribution is 2.43. The number of aromatic nitrogens is 1. The zero-order chi connectivity index (χ0) is 21.4. The summed E-state index contributed by atoms with van der Waals surface area (Å²) in [5.74, 6) is 1.23. The van der Waals surface area contributed by atoms with E-state index in [1.165, 1.54) is 0 Å². The first-order chi connectivity index (χ1) is 15.2. The van der Waals surface area contributed by atoms with Gasteiger partial charge in [-0.2, -0.15) is 0 Å². The molecule has 0 saturated heterocycles. The van der Waals surface area contributed by atoms with Crippen molar-refractivity contribution >= 4 is 22.8 Å². The van der Waals surface area contributed by atoms with Crippen LogP contribution >= 0.6 is 0 Å². The average Bonchev–Trinajstić information content (AvgIpc) is 3.41. The molecule has 31 heavy (non-hydrogen) atoms. The molecule has 6 heteroatoms. The van der Waals surface area contributed by atoms with Crippen molar-refractivity contribution in [2.75, 3.05) is 14.2 Å². The molecule has 1 aliphatic rings. The number of rotatable bonds is 5. The predicted molar refractivity (Wildman–Crippen MR) is 118 cm³/mol. The molecule has 0 fully saturated rings. The van der Waals surface area contributed by atoms with Gasteiger partial charge in [-0.15, -0.1) is 0 Å². The Bertz CT molecular complexity index is 1290. The van der Waals surface area contributed by atoms with Gasteiger partial charge in [-0.25, -0.2) is 9.79 Å². The molecule has 3 aromatic carbocycles. The maximum absolute atomic E-state index is 13.5. The number of aromatic amines is 1. The van der Waals surface area contributed by atoms with Gasteiger partial charge >= 0.3 is 5.97 Å². The van der Waals surface area contributed by atoms with Gasteiger partial charge in [0.2, 0.25) is 11.4 Å². The van der Waals surface area contributed by atoms with Crippen LogP contribution in [0.3, 0.4) is 0 Å². The van der Waals surface area contributed by atoms with Crippen LogP contribution in [-0.4, -0.2) is 31.1 Å². The standard InChI is InChI=1S/C25H20N2O4/c1-29-18-11-7-16(8-12-18)23-27-25(24(28)31-23,17-9-13-19(30-2)14-10-17)21-15-26-22-6-4-3-5-20(21)22/h3-15,26H,1-2H3. The largest absolute Gasteiger partial charge is 0.497 e. The second-order valence-electron chi connectivity index (χ2n) is 7.22. The maximum atomic E-state index is 13.5. The van der Waals surface area contributed by atoms with Gasteiger partial charge in [-0.05, 0) is 48.0 Å². The molecular weight excluding hydrogens is 392 g/mol. The van der Waals surface area contributed by atoms with Gasteiger partial charge in [-0.3, -0.25) is 0 Å². The number of H-pyrrole nitrogens is 1. The fourth-order valence-corrected chi connectivity index (χ4v) is 3.95. The Labute approximate surface area is 179 Å². The van der Waals surface area contributed by atoms with Crippen molar-refractivity contribution in [1.29, 1.82) is 0 Å². The van der Waals surface area contributed by atoms with Crippen molar-refractivity contribution in [3.63, 3.8) is 0 Å². The van der Waals surface area contributed by atoms with E-state index in [1.807, 2.05) is 79.0 Å². The molecule has 1 N–H and O–H groups in total. The number of ether oxygens (including phenoxy) is 3. The van der Waals surface area contributed by atoms with Crippen LogP contribution < -0.4 is 9.47 Å². The predicted octanol–water partition coefficient (Wildman–Crippen LogP) is 4.43. The molecular formula is C25H20N2O4. The molecule has 154 valence electrons. The topological polar surface area (TPSA) is 72.9 Å². The van der Waals surface area contributed by atoms with E-state index in [1.54, 1.807) is 14.2 Å². The number of benzene rings is 3. The first kappa shape index (κ1) is 18.9. The van der Waals surface area contributed by atoms with Crippen LogP contribution in [0.2, 0.25) is 0 Å². The summed E-state index contributed by atoms with van der Waals surface area (Å²) in [7, 11) is 3.21. The number of carbonyl (C=O) groups is 1. The maximum Gasteiger partial charge on any atom is 0.350 e. The summed E-state index contributed by atoms with van der Waals surface area (Å²) < 4.78 is 16.3. The summed E-state index contributed by atoms with van der Waals surface area (Å²) in [6, 6.07) is 22.4. The van der Waals surface area contributed by atoms with Crippen molar-refractivity contribution in [2.45, 2.75) is 5.54 Å². The second-order valence-corrected chi connectivity index (χ2v) is 7.22. The molecule has 2 heterocycles. The number of esters is 1. The van der Waals surface area contributed by atoms with Crippen molar-refractivity contribution in [2.24, 2.45) is 4.99 Å². The molecule has 1 unspecified atom stereocenters. The Morgan fingerprint density at radius 1 is 0.871 bits per heavy atom. The minimum absolute atomic E-state index is 0.272. The van der Waals surface area contributed by atoms with E-state index in [2.05, 4.69) is 4.98 Å². The Morgan fingerprint density at radius 3 is 2.19 bits per heavy atom. The van der Waals surface area contributed by atoms with Crippen LogP contribution in [0.4, 0.5) is 0 Å². The summed E-state index contributed by atoms with van der Waals surface area (Å²) in [5, 5.41) is 0.912. The number of methoxy groups -OCH3 is 2. The van der Waals surface area contributed by atoms with E-state index < -0.39 is 11.5 Å². The summed E-state index contributed by atoms with van der Waals surface area (Å²) >= 11 is 0. The molecule has 0 saturated carbocycles. The molecule has 5 rings (SSSR count). The highest BCUT2D eigenvalue weighted by molar-refractivity contribution is 6.11. The minimum atomic E-state index is -1.33. The summed E-state index contributed by atoms with van der Waals surface area (Å²) in [6.45, 7) is 0. The van der Waals surface area contributed by atoms with E-state index in [9.17, 15) is 4.79 Å². The Hall–Kier alpha value is -4.06. The Kier molecular flexibility index (Phi) is 4.47. The van der Waals surface area contributed by atoms with Crippen LogP contribution in [0.25, 0.3) is 10.9 Å². The molecule has 0 spiro atoms. The van der Waals surface area contributed by atoms with Crippen molar-refractivity contribution in [1.82, 2.24) is 4.98 Å². The summed E-state index contributed by atoms with van der Waals surface area (Å²) in [6.07, 6.45) is 1.83. The Balaban J connectivity index is 1.73. The first-order valence-corrected chi connectivity index (χ1v) is 9.83. The smallest absolute Gasteiger partial charge is 0.350 e. The van der Waals surface area contributed by atoms with Gasteiger partial charge in [0, 0.05) is 28.2 Å². The zero-order valence-corrected chi connectivity index (χ0v) is 17.1. The van der Waals surface area contributed by atoms with E-state index in [-0.39, 0.29) is 5.90 Å². The lowest BCUT2D eigenvalue weighted by atomic mass is 9.83. The van der Waals surface area contributed by atoms with Gasteiger partial charge in [0.15, 0.2) is 0 Å². The third-order valence-electron chi connectivity index (χ3n) is 5.58. The number of cyclic esters (lactones) is 1. The average molecular weight is 412 g/mol. The van der Waals surface area contributed by atoms with E-state index >= 15 is 0 Å². The number of carbonyl (C=O) groups excluding carboxylic acids is 1. The van der Waals surface area contributed by atoms with E-state index in [0.29, 0.717) is 22.6 Å². The van der Waals surface area contributed by atoms with Gasteiger partial charge in [0.05, 0.1) is 14.2 Å². The lowest BCUT2D eigenvalue weighted by Crippen LogP contribution is -2.32. The molecule has 0 aliphatic carbocycles. The van der Waals surface area contributed by atoms with Crippen LogP contribution in [0.15, 0.2) is 84.0 Å². The van der Waals surface area contributed by atoms with Crippen molar-refractivity contribution in [3.8, 4) is 11.5 Å². The second kappa shape index (κ2) is 7.32. The normalized spacial score (nSPS) is 18.0. The highest BCUT2D eigenvalue weighted by Gasteiger charge is 2.50. The molecule has 1 atom stereocenters. The third-order valence-corrected chi connectivity index (χ3v) is 5.58. The number of nitrogens with zero attached hydrogens (tertiary/aromatic N) is 1. The molecule has 0 radical (unpaired) electrons. The van der Waals surface area contributed by atoms with Crippen LogP contribution in [-0.2, 0) is 15.1 Å². The van der Waals surface area contributed by atoms with Crippen molar-refractivity contribution in [3.05, 3.63) is 95.7 Å². The van der Waals surface area contributed by atoms with Gasteiger partial charge < -0.3 is 19.2 Å². The van der Waals surface area contributed by atoms with Gasteiger partial charge in [-0.1, -0.05) is 30.3 Å². The Morgan fingerprint density at radius 2 is 1.52 bits per heavy atom. The van der Waals surface area contributed by atoms with Crippen LogP contribution in [0, 0.1) is 0 Å². The van der Waals surface area contributed by atoms with E-state index in [0.717, 1.165) is 16.5 Å². The SMILES string of the molecule is COc1ccc(C2=NC(c3ccc(OC)cc3)(c3c[nH]c4ccccc34)C(=O)O2)cc1. The lowest BCUT2D eigenvalue weighted by molar-refractivity contribution is -0.137. The fourth-order valence-electron chi connectivity index (χ4n) is 3.95. The monoisotopic (exact) mass is 412 g/mol. The van der Waals surface area contributed by atoms with Crippen LogP contribution in [0.5, 0.6) is 11.5 Å². The minimum Gasteiger partial charge on any atom is -0.497 e. The molecule has 1 aliphatic heterocycles.